The minimum atomic E-state index is -1.00. The highest BCUT2D eigenvalue weighted by Gasteiger charge is 2.43. The average Bonchev–Trinajstić information content (AvgIpc) is 2.97. The van der Waals surface area contributed by atoms with Gasteiger partial charge in [0.25, 0.3) is 0 Å². The van der Waals surface area contributed by atoms with Crippen LogP contribution >= 0.6 is 0 Å². The van der Waals surface area contributed by atoms with Crippen molar-refractivity contribution in [3.63, 3.8) is 0 Å². The minimum absolute atomic E-state index is 0.166. The van der Waals surface area contributed by atoms with Crippen LogP contribution < -0.4 is 14.8 Å². The first-order valence-corrected chi connectivity index (χ1v) is 8.94. The maximum absolute atomic E-state index is 12.5. The third-order valence-electron chi connectivity index (χ3n) is 5.09. The fraction of sp³-hybridized carbons (Fsp3) is 0.381. The van der Waals surface area contributed by atoms with E-state index in [9.17, 15) is 15.0 Å². The van der Waals surface area contributed by atoms with E-state index in [4.69, 9.17) is 9.47 Å². The van der Waals surface area contributed by atoms with Gasteiger partial charge >= 0.3 is 0 Å². The van der Waals surface area contributed by atoms with Gasteiger partial charge in [-0.25, -0.2) is 0 Å². The molecule has 2 aromatic carbocycles. The number of carbonyl (C=O) groups excluding carboxylic acids is 1. The molecule has 1 fully saturated rings. The number of rotatable bonds is 6. The van der Waals surface area contributed by atoms with Crippen LogP contribution in [0.2, 0.25) is 0 Å². The number of hydrogen-bond donors (Lipinski definition) is 3. The van der Waals surface area contributed by atoms with Gasteiger partial charge in [-0.15, -0.1) is 0 Å². The number of hydrogen-bond acceptors (Lipinski definition) is 5. The highest BCUT2D eigenvalue weighted by Crippen LogP contribution is 2.36. The molecule has 0 aromatic heterocycles. The summed E-state index contributed by atoms with van der Waals surface area (Å²) in [4.78, 5) is 12.5. The molecule has 6 heteroatoms. The molecule has 2 aromatic rings. The highest BCUT2D eigenvalue weighted by atomic mass is 16.5. The van der Waals surface area contributed by atoms with Gasteiger partial charge in [-0.05, 0) is 41.8 Å². The van der Waals surface area contributed by atoms with Crippen LogP contribution in [0.4, 0.5) is 0 Å². The SMILES string of the molecule is COc1ccc(CC(=O)N[C@H]2[C@H](O)[C@H](O)C[C@@H]2c2ccc(OC)cc2)cc1. The second-order valence-corrected chi connectivity index (χ2v) is 6.79. The summed E-state index contributed by atoms with van der Waals surface area (Å²) >= 11 is 0. The molecule has 144 valence electrons. The number of amides is 1. The normalized spacial score (nSPS) is 24.4. The van der Waals surface area contributed by atoms with E-state index >= 15 is 0 Å². The average molecular weight is 371 g/mol. The molecule has 0 saturated heterocycles. The van der Waals surface area contributed by atoms with Crippen molar-refractivity contribution in [2.45, 2.75) is 37.0 Å². The second-order valence-electron chi connectivity index (χ2n) is 6.79. The van der Waals surface area contributed by atoms with E-state index in [-0.39, 0.29) is 18.2 Å². The Kier molecular flexibility index (Phi) is 5.98. The van der Waals surface area contributed by atoms with Gasteiger partial charge in [-0.2, -0.15) is 0 Å². The van der Waals surface area contributed by atoms with E-state index in [0.29, 0.717) is 6.42 Å². The number of methoxy groups -OCH3 is 2. The molecule has 27 heavy (non-hydrogen) atoms. The van der Waals surface area contributed by atoms with Crippen LogP contribution in [0, 0.1) is 0 Å². The van der Waals surface area contributed by atoms with Crippen molar-refractivity contribution in [3.8, 4) is 11.5 Å². The molecule has 0 aliphatic heterocycles. The largest absolute Gasteiger partial charge is 0.497 e. The topological polar surface area (TPSA) is 88.0 Å². The van der Waals surface area contributed by atoms with Crippen LogP contribution in [0.3, 0.4) is 0 Å². The molecule has 6 nitrogen and oxygen atoms in total. The van der Waals surface area contributed by atoms with Crippen LogP contribution in [0.5, 0.6) is 11.5 Å². The summed E-state index contributed by atoms with van der Waals surface area (Å²) in [6.45, 7) is 0. The number of aliphatic hydroxyl groups is 2. The number of aliphatic hydroxyl groups excluding tert-OH is 2. The Hall–Kier alpha value is -2.57. The maximum atomic E-state index is 12.5. The first-order valence-electron chi connectivity index (χ1n) is 8.94. The van der Waals surface area contributed by atoms with Crippen LogP contribution in [0.25, 0.3) is 0 Å². The fourth-order valence-electron chi connectivity index (χ4n) is 3.57. The van der Waals surface area contributed by atoms with Crippen LogP contribution in [-0.4, -0.2) is 48.6 Å². The zero-order valence-electron chi connectivity index (χ0n) is 15.5. The molecule has 0 heterocycles. The van der Waals surface area contributed by atoms with Gasteiger partial charge in [0.15, 0.2) is 0 Å². The van der Waals surface area contributed by atoms with Gasteiger partial charge < -0.3 is 25.0 Å². The van der Waals surface area contributed by atoms with E-state index in [2.05, 4.69) is 5.32 Å². The Labute approximate surface area is 158 Å². The fourth-order valence-corrected chi connectivity index (χ4v) is 3.57. The summed E-state index contributed by atoms with van der Waals surface area (Å²) in [5.74, 6) is 1.10. The lowest BCUT2D eigenvalue weighted by molar-refractivity contribution is -0.122. The predicted molar refractivity (Wildman–Crippen MR) is 101 cm³/mol. The molecule has 0 bridgehead atoms. The van der Waals surface area contributed by atoms with E-state index in [1.54, 1.807) is 26.4 Å². The van der Waals surface area contributed by atoms with Crippen LogP contribution in [0.1, 0.15) is 23.5 Å². The van der Waals surface area contributed by atoms with Crippen molar-refractivity contribution < 1.29 is 24.5 Å². The second kappa shape index (κ2) is 8.41. The van der Waals surface area contributed by atoms with Gasteiger partial charge in [0.2, 0.25) is 5.91 Å². The standard InChI is InChI=1S/C21H25NO5/c1-26-15-7-3-13(4-8-15)11-19(24)22-20-17(12-18(23)21(20)25)14-5-9-16(27-2)10-6-14/h3-10,17-18,20-21,23,25H,11-12H2,1-2H3,(H,22,24)/t17-,18-,20-,21-/m1/s1. The summed E-state index contributed by atoms with van der Waals surface area (Å²) in [6.07, 6.45) is -1.29. The minimum Gasteiger partial charge on any atom is -0.497 e. The van der Waals surface area contributed by atoms with E-state index < -0.39 is 18.2 Å². The van der Waals surface area contributed by atoms with Gasteiger partial charge in [-0.1, -0.05) is 24.3 Å². The molecule has 1 saturated carbocycles. The van der Waals surface area contributed by atoms with Crippen molar-refractivity contribution in [1.82, 2.24) is 5.32 Å². The Morgan fingerprint density at radius 1 is 1.00 bits per heavy atom. The van der Waals surface area contributed by atoms with E-state index in [1.165, 1.54) is 0 Å². The molecule has 1 amide bonds. The van der Waals surface area contributed by atoms with E-state index in [0.717, 1.165) is 22.6 Å². The Balaban J connectivity index is 1.70. The Bertz CT molecular complexity index is 759. The highest BCUT2D eigenvalue weighted by molar-refractivity contribution is 5.79. The zero-order valence-corrected chi connectivity index (χ0v) is 15.5. The summed E-state index contributed by atoms with van der Waals surface area (Å²) in [6, 6.07) is 14.2. The third kappa shape index (κ3) is 4.40. The number of nitrogens with one attached hydrogen (secondary N) is 1. The lowest BCUT2D eigenvalue weighted by Gasteiger charge is -2.24. The predicted octanol–water partition coefficient (Wildman–Crippen LogP) is 1.64. The number of carbonyl (C=O) groups is 1. The van der Waals surface area contributed by atoms with E-state index in [1.807, 2.05) is 36.4 Å². The number of ether oxygens (including phenoxy) is 2. The molecule has 3 rings (SSSR count). The Morgan fingerprint density at radius 2 is 1.56 bits per heavy atom. The number of benzene rings is 2. The first-order chi connectivity index (χ1) is 13.0. The summed E-state index contributed by atoms with van der Waals surface area (Å²) < 4.78 is 10.3. The monoisotopic (exact) mass is 371 g/mol. The van der Waals surface area contributed by atoms with Crippen molar-refractivity contribution >= 4 is 5.91 Å². The molecule has 4 atom stereocenters. The summed E-state index contributed by atoms with van der Waals surface area (Å²) in [7, 11) is 3.19. The quantitative estimate of drug-likeness (QED) is 0.719. The molecule has 0 spiro atoms. The van der Waals surface area contributed by atoms with Gasteiger partial charge in [0.05, 0.1) is 32.8 Å². The van der Waals surface area contributed by atoms with Crippen molar-refractivity contribution in [1.29, 1.82) is 0 Å². The van der Waals surface area contributed by atoms with Crippen molar-refractivity contribution in [2.24, 2.45) is 0 Å². The van der Waals surface area contributed by atoms with Crippen molar-refractivity contribution in [3.05, 3.63) is 59.7 Å². The maximum Gasteiger partial charge on any atom is 0.224 e. The molecule has 1 aliphatic carbocycles. The lowest BCUT2D eigenvalue weighted by Crippen LogP contribution is -2.45. The zero-order chi connectivity index (χ0) is 19.4. The molecule has 0 unspecified atom stereocenters. The lowest BCUT2D eigenvalue weighted by atomic mass is 9.93. The first kappa shape index (κ1) is 19.2. The summed E-state index contributed by atoms with van der Waals surface area (Å²) in [5, 5.41) is 23.4. The molecule has 0 radical (unpaired) electrons. The van der Waals surface area contributed by atoms with Gasteiger partial charge in [0.1, 0.15) is 17.6 Å². The van der Waals surface area contributed by atoms with Crippen molar-refractivity contribution in [2.75, 3.05) is 14.2 Å². The molecule has 1 aliphatic rings. The van der Waals surface area contributed by atoms with Gasteiger partial charge in [-0.3, -0.25) is 4.79 Å². The molecule has 3 N–H and O–H groups in total. The van der Waals surface area contributed by atoms with Crippen LogP contribution in [0.15, 0.2) is 48.5 Å². The Morgan fingerprint density at radius 3 is 2.11 bits per heavy atom. The molecular weight excluding hydrogens is 346 g/mol. The summed E-state index contributed by atoms with van der Waals surface area (Å²) in [5.41, 5.74) is 1.79. The van der Waals surface area contributed by atoms with Gasteiger partial charge in [0, 0.05) is 5.92 Å². The third-order valence-corrected chi connectivity index (χ3v) is 5.09. The van der Waals surface area contributed by atoms with Crippen LogP contribution in [-0.2, 0) is 11.2 Å². The molecular formula is C21H25NO5. The smallest absolute Gasteiger partial charge is 0.224 e.